The molecular weight excluding hydrogens is 598 g/mol. The lowest BCUT2D eigenvalue weighted by Gasteiger charge is -2.42. The van der Waals surface area contributed by atoms with Gasteiger partial charge in [0, 0.05) is 29.7 Å². The van der Waals surface area contributed by atoms with Gasteiger partial charge in [0.1, 0.15) is 11.8 Å². The van der Waals surface area contributed by atoms with E-state index in [2.05, 4.69) is 20.1 Å². The lowest BCUT2D eigenvalue weighted by molar-refractivity contribution is -0.142. The minimum Gasteiger partial charge on any atom is -0.494 e. The zero-order chi connectivity index (χ0) is 33.3. The summed E-state index contributed by atoms with van der Waals surface area (Å²) in [6.07, 6.45) is 4.60. The Hall–Kier alpha value is -3.56. The molecule has 1 N–H and O–H groups in total. The fourth-order valence-electron chi connectivity index (χ4n) is 7.94. The van der Waals surface area contributed by atoms with Gasteiger partial charge >= 0.3 is 0 Å². The van der Waals surface area contributed by atoms with Gasteiger partial charge in [-0.25, -0.2) is 0 Å². The van der Waals surface area contributed by atoms with Crippen LogP contribution >= 0.6 is 11.8 Å². The molecule has 3 unspecified atom stereocenters. The maximum atomic E-state index is 15.1. The van der Waals surface area contributed by atoms with Gasteiger partial charge in [-0.1, -0.05) is 38.1 Å². The Morgan fingerprint density at radius 3 is 2.37 bits per heavy atom. The molecule has 7 atom stereocenters. The third kappa shape index (κ3) is 5.45. The van der Waals surface area contributed by atoms with Crippen LogP contribution in [0.15, 0.2) is 67.8 Å². The number of aryl methyl sites for hydroxylation is 2. The van der Waals surface area contributed by atoms with Crippen molar-refractivity contribution in [1.29, 1.82) is 0 Å². The number of likely N-dealkylation sites (tertiary alicyclic amines) is 1. The summed E-state index contributed by atoms with van der Waals surface area (Å²) in [5.41, 5.74) is 3.44. The molecule has 246 valence electrons. The first-order valence-corrected chi connectivity index (χ1v) is 17.2. The van der Waals surface area contributed by atoms with Crippen LogP contribution in [0.1, 0.15) is 44.7 Å². The number of fused-ring (bicyclic) bond motifs is 1. The van der Waals surface area contributed by atoms with E-state index in [1.165, 1.54) is 0 Å². The summed E-state index contributed by atoms with van der Waals surface area (Å²) >= 11 is 1.64. The van der Waals surface area contributed by atoms with Crippen molar-refractivity contribution in [2.75, 3.05) is 36.1 Å². The molecule has 2 bridgehead atoms. The van der Waals surface area contributed by atoms with Crippen LogP contribution in [0, 0.1) is 31.6 Å². The number of nitrogens with zero attached hydrogens (tertiary/aromatic N) is 3. The minimum atomic E-state index is -0.844. The molecule has 3 heterocycles. The maximum Gasteiger partial charge on any atom is 0.251 e. The van der Waals surface area contributed by atoms with E-state index in [0.717, 1.165) is 16.8 Å². The van der Waals surface area contributed by atoms with E-state index >= 15 is 4.79 Å². The highest BCUT2D eigenvalue weighted by Gasteiger charge is 2.77. The molecule has 2 aromatic rings. The van der Waals surface area contributed by atoms with Crippen LogP contribution in [0.5, 0.6) is 5.75 Å². The van der Waals surface area contributed by atoms with Crippen molar-refractivity contribution in [3.8, 4) is 5.75 Å². The SMILES string of the molecule is C=CCN(C(=O)[C@@H]1[C@@H]2CC(C)C3(S2)C(C(=O)N(CC=C)c2cc(C)ccc2C)N([C@@H](CC)CO)C(=O)[C@H]13)c1ccc(OCC)cc1. The van der Waals surface area contributed by atoms with Crippen LogP contribution in [-0.4, -0.2) is 76.1 Å². The standard InChI is InChI=1S/C37H47N3O5S/c1-8-18-38(27-14-16-28(17-15-27)45-11-4)34(42)31-30-21-25(7)37(46-30)32(31)35(43)40(26(10-3)22-41)33(37)36(44)39(19-9-2)29-20-23(5)12-13-24(29)6/h8-9,12-17,20,25-26,30-33,41H,1-2,10-11,18-19,21-22H2,3-7H3/t25?,26-,30-,31+,32-,33?,37?/m0/s1. The molecule has 0 radical (unpaired) electrons. The van der Waals surface area contributed by atoms with Crippen LogP contribution < -0.4 is 14.5 Å². The molecule has 5 rings (SSSR count). The Morgan fingerprint density at radius 2 is 1.76 bits per heavy atom. The fourth-order valence-corrected chi connectivity index (χ4v) is 10.3. The highest BCUT2D eigenvalue weighted by molar-refractivity contribution is 8.02. The molecule has 3 aliphatic heterocycles. The Balaban J connectivity index is 1.61. The summed E-state index contributed by atoms with van der Waals surface area (Å²) in [6.45, 7) is 18.6. The monoisotopic (exact) mass is 645 g/mol. The number of aliphatic hydroxyl groups is 1. The first-order chi connectivity index (χ1) is 22.1. The highest BCUT2D eigenvalue weighted by Crippen LogP contribution is 2.69. The summed E-state index contributed by atoms with van der Waals surface area (Å²) < 4.78 is 4.79. The van der Waals surface area contributed by atoms with Crippen molar-refractivity contribution in [2.45, 2.75) is 69.5 Å². The van der Waals surface area contributed by atoms with Gasteiger partial charge in [-0.15, -0.1) is 24.9 Å². The number of rotatable bonds is 13. The maximum absolute atomic E-state index is 15.1. The van der Waals surface area contributed by atoms with E-state index in [9.17, 15) is 14.7 Å². The number of hydrogen-bond acceptors (Lipinski definition) is 6. The van der Waals surface area contributed by atoms with Gasteiger partial charge in [0.2, 0.25) is 11.8 Å². The van der Waals surface area contributed by atoms with Crippen LogP contribution in [-0.2, 0) is 14.4 Å². The minimum absolute atomic E-state index is 0.00170. The predicted molar refractivity (Wildman–Crippen MR) is 185 cm³/mol. The number of hydrogen-bond donors (Lipinski definition) is 1. The van der Waals surface area contributed by atoms with Gasteiger partial charge in [0.05, 0.1) is 35.8 Å². The van der Waals surface area contributed by atoms with Gasteiger partial charge in [-0.2, -0.15) is 0 Å². The molecule has 46 heavy (non-hydrogen) atoms. The number of anilines is 2. The largest absolute Gasteiger partial charge is 0.494 e. The van der Waals surface area contributed by atoms with Crippen molar-refractivity contribution in [1.82, 2.24) is 4.90 Å². The third-order valence-electron chi connectivity index (χ3n) is 10.0. The van der Waals surface area contributed by atoms with Crippen molar-refractivity contribution >= 4 is 40.9 Å². The van der Waals surface area contributed by atoms with Crippen molar-refractivity contribution < 1.29 is 24.2 Å². The van der Waals surface area contributed by atoms with Gasteiger partial charge in [0.15, 0.2) is 0 Å². The molecule has 9 heteroatoms. The first kappa shape index (κ1) is 33.8. The fraction of sp³-hybridized carbons (Fsp3) is 0.486. The van der Waals surface area contributed by atoms with Crippen LogP contribution in [0.25, 0.3) is 0 Å². The predicted octanol–water partition coefficient (Wildman–Crippen LogP) is 5.55. The number of carbonyl (C=O) groups excluding carboxylic acids is 3. The second kappa shape index (κ2) is 13.7. The molecule has 3 aliphatic rings. The molecule has 2 aromatic carbocycles. The summed E-state index contributed by atoms with van der Waals surface area (Å²) in [4.78, 5) is 49.6. The zero-order valence-corrected chi connectivity index (χ0v) is 28.5. The smallest absolute Gasteiger partial charge is 0.251 e. The second-order valence-electron chi connectivity index (χ2n) is 12.7. The summed E-state index contributed by atoms with van der Waals surface area (Å²) in [5.74, 6) is -1.17. The Bertz CT molecular complexity index is 1490. The topological polar surface area (TPSA) is 90.4 Å². The van der Waals surface area contributed by atoms with Crippen LogP contribution in [0.4, 0.5) is 11.4 Å². The molecular formula is C37H47N3O5S. The number of aliphatic hydroxyl groups excluding tert-OH is 1. The third-order valence-corrected chi connectivity index (χ3v) is 12.1. The van der Waals surface area contributed by atoms with Gasteiger partial charge < -0.3 is 24.5 Å². The van der Waals surface area contributed by atoms with Gasteiger partial charge in [-0.05, 0) is 81.0 Å². The summed E-state index contributed by atoms with van der Waals surface area (Å²) in [6, 6.07) is 12.0. The van der Waals surface area contributed by atoms with Crippen molar-refractivity contribution in [2.24, 2.45) is 17.8 Å². The number of amides is 3. The zero-order valence-electron chi connectivity index (χ0n) is 27.6. The summed E-state index contributed by atoms with van der Waals surface area (Å²) in [5, 5.41) is 10.4. The number of carbonyl (C=O) groups is 3. The summed E-state index contributed by atoms with van der Waals surface area (Å²) in [7, 11) is 0. The normalized spacial score (nSPS) is 26.9. The Morgan fingerprint density at radius 1 is 1.09 bits per heavy atom. The van der Waals surface area contributed by atoms with Crippen LogP contribution in [0.3, 0.4) is 0 Å². The lowest BCUT2D eigenvalue weighted by Crippen LogP contribution is -2.59. The molecule has 0 aliphatic carbocycles. The van der Waals surface area contributed by atoms with E-state index in [0.29, 0.717) is 30.9 Å². The van der Waals surface area contributed by atoms with Gasteiger partial charge in [0.25, 0.3) is 5.91 Å². The van der Waals surface area contributed by atoms with Crippen molar-refractivity contribution in [3.63, 3.8) is 0 Å². The molecule has 3 fully saturated rings. The first-order valence-electron chi connectivity index (χ1n) is 16.3. The molecule has 0 aromatic heterocycles. The Kier molecular flexibility index (Phi) is 10.0. The molecule has 3 amide bonds. The quantitative estimate of drug-likeness (QED) is 0.288. The average molecular weight is 646 g/mol. The highest BCUT2D eigenvalue weighted by atomic mass is 32.2. The van der Waals surface area contributed by atoms with Crippen LogP contribution in [0.2, 0.25) is 0 Å². The molecule has 0 saturated carbocycles. The second-order valence-corrected chi connectivity index (χ2v) is 14.3. The van der Waals surface area contributed by atoms with Crippen molar-refractivity contribution in [3.05, 3.63) is 78.9 Å². The van der Waals surface area contributed by atoms with E-state index in [4.69, 9.17) is 4.74 Å². The van der Waals surface area contributed by atoms with E-state index in [-0.39, 0.29) is 48.6 Å². The number of thioether (sulfide) groups is 1. The van der Waals surface area contributed by atoms with E-state index in [1.54, 1.807) is 38.6 Å². The number of ether oxygens (including phenoxy) is 1. The van der Waals surface area contributed by atoms with Gasteiger partial charge in [-0.3, -0.25) is 14.4 Å². The Labute approximate surface area is 277 Å². The van der Waals surface area contributed by atoms with E-state index < -0.39 is 28.7 Å². The average Bonchev–Trinajstić information content (AvgIpc) is 3.64. The molecule has 8 nitrogen and oxygen atoms in total. The molecule has 3 saturated heterocycles. The molecule has 1 spiro atoms. The number of benzene rings is 2. The lowest BCUT2D eigenvalue weighted by atomic mass is 9.65. The van der Waals surface area contributed by atoms with E-state index in [1.807, 2.05) is 70.2 Å².